The Labute approximate surface area is 237 Å². The lowest BCUT2D eigenvalue weighted by molar-refractivity contribution is 0.794. The quantitative estimate of drug-likeness (QED) is 0.215. The summed E-state index contributed by atoms with van der Waals surface area (Å²) in [5.41, 5.74) is 16.2. The van der Waals surface area contributed by atoms with Gasteiger partial charge in [0.2, 0.25) is 0 Å². The summed E-state index contributed by atoms with van der Waals surface area (Å²) < 4.78 is 0. The van der Waals surface area contributed by atoms with Gasteiger partial charge in [0.05, 0.1) is 0 Å². The molecule has 192 valence electrons. The van der Waals surface area contributed by atoms with E-state index in [0.29, 0.717) is 5.92 Å². The third-order valence-corrected chi connectivity index (χ3v) is 8.52. The highest BCUT2D eigenvalue weighted by molar-refractivity contribution is 5.75. The van der Waals surface area contributed by atoms with Crippen LogP contribution < -0.4 is 0 Å². The van der Waals surface area contributed by atoms with Gasteiger partial charge >= 0.3 is 0 Å². The molecule has 0 aliphatic heterocycles. The Kier molecular flexibility index (Phi) is 6.38. The van der Waals surface area contributed by atoms with Gasteiger partial charge in [-0.1, -0.05) is 146 Å². The number of aryl methyl sites for hydroxylation is 1. The third-order valence-electron chi connectivity index (χ3n) is 8.52. The highest BCUT2D eigenvalue weighted by atomic mass is 14.3. The summed E-state index contributed by atoms with van der Waals surface area (Å²) in [7, 11) is 0. The van der Waals surface area contributed by atoms with Crippen molar-refractivity contribution in [2.24, 2.45) is 0 Å². The molecule has 1 atom stereocenters. The lowest BCUT2D eigenvalue weighted by Gasteiger charge is -2.28. The molecule has 0 amide bonds. The van der Waals surface area contributed by atoms with Gasteiger partial charge in [0, 0.05) is 5.92 Å². The number of benzene rings is 6. The van der Waals surface area contributed by atoms with E-state index in [2.05, 4.69) is 153 Å². The van der Waals surface area contributed by atoms with Gasteiger partial charge in [0.25, 0.3) is 0 Å². The molecule has 40 heavy (non-hydrogen) atoms. The summed E-state index contributed by atoms with van der Waals surface area (Å²) in [4.78, 5) is 0. The van der Waals surface area contributed by atoms with E-state index in [1.54, 1.807) is 0 Å². The molecule has 0 spiro atoms. The maximum absolute atomic E-state index is 2.33. The summed E-state index contributed by atoms with van der Waals surface area (Å²) >= 11 is 0. The second-order valence-corrected chi connectivity index (χ2v) is 11.0. The smallest absolute Gasteiger partial charge is 0.0136 e. The van der Waals surface area contributed by atoms with Crippen LogP contribution in [0.5, 0.6) is 0 Å². The fraction of sp³-hybridized carbons (Fsp3) is 0.100. The average Bonchev–Trinajstić information content (AvgIpc) is 3.02. The van der Waals surface area contributed by atoms with Crippen LogP contribution in [-0.2, 0) is 12.8 Å². The molecule has 0 N–H and O–H groups in total. The van der Waals surface area contributed by atoms with Crippen molar-refractivity contribution in [2.45, 2.75) is 25.7 Å². The molecule has 1 aliphatic rings. The van der Waals surface area contributed by atoms with Gasteiger partial charge < -0.3 is 0 Å². The van der Waals surface area contributed by atoms with Crippen molar-refractivity contribution in [3.63, 3.8) is 0 Å². The molecular formula is C40H32. The summed E-state index contributed by atoms with van der Waals surface area (Å²) in [5.74, 6) is 0.385. The van der Waals surface area contributed by atoms with Crippen molar-refractivity contribution in [2.75, 3.05) is 0 Å². The number of hydrogen-bond donors (Lipinski definition) is 0. The maximum atomic E-state index is 2.33. The second-order valence-electron chi connectivity index (χ2n) is 11.0. The Morgan fingerprint density at radius 2 is 1.07 bits per heavy atom. The Hall–Kier alpha value is -4.68. The molecule has 1 unspecified atom stereocenters. The molecule has 1 aliphatic carbocycles. The Balaban J connectivity index is 1.12. The largest absolute Gasteiger partial charge is 0.0620 e. The van der Waals surface area contributed by atoms with E-state index in [4.69, 9.17) is 0 Å². The lowest BCUT2D eigenvalue weighted by atomic mass is 9.75. The minimum absolute atomic E-state index is 0.385. The van der Waals surface area contributed by atoms with Gasteiger partial charge in [0.1, 0.15) is 0 Å². The van der Waals surface area contributed by atoms with Crippen molar-refractivity contribution < 1.29 is 0 Å². The molecule has 0 saturated carbocycles. The van der Waals surface area contributed by atoms with Crippen LogP contribution in [0, 0.1) is 6.92 Å². The van der Waals surface area contributed by atoms with Crippen LogP contribution in [0.15, 0.2) is 146 Å². The molecule has 0 bridgehead atoms. The van der Waals surface area contributed by atoms with E-state index in [9.17, 15) is 0 Å². The van der Waals surface area contributed by atoms with Crippen LogP contribution in [0.4, 0.5) is 0 Å². The molecule has 0 radical (unpaired) electrons. The third kappa shape index (κ3) is 4.56. The van der Waals surface area contributed by atoms with Gasteiger partial charge in [-0.2, -0.15) is 0 Å². The molecule has 0 heterocycles. The van der Waals surface area contributed by atoms with E-state index in [0.717, 1.165) is 12.8 Å². The van der Waals surface area contributed by atoms with E-state index in [1.807, 2.05) is 0 Å². The minimum atomic E-state index is 0.385. The Morgan fingerprint density at radius 3 is 1.82 bits per heavy atom. The van der Waals surface area contributed by atoms with Crippen LogP contribution in [-0.4, -0.2) is 0 Å². The van der Waals surface area contributed by atoms with Crippen LogP contribution in [0.1, 0.15) is 39.3 Å². The van der Waals surface area contributed by atoms with Crippen molar-refractivity contribution in [1.82, 2.24) is 0 Å². The average molecular weight is 513 g/mol. The second kappa shape index (κ2) is 10.5. The fourth-order valence-corrected chi connectivity index (χ4v) is 6.39. The first-order valence-corrected chi connectivity index (χ1v) is 14.2. The Bertz CT molecular complexity index is 1790. The van der Waals surface area contributed by atoms with Gasteiger partial charge in [-0.25, -0.2) is 0 Å². The zero-order chi connectivity index (χ0) is 26.9. The molecule has 0 nitrogen and oxygen atoms in total. The van der Waals surface area contributed by atoms with Crippen molar-refractivity contribution >= 4 is 0 Å². The van der Waals surface area contributed by atoms with Gasteiger partial charge in [0.15, 0.2) is 0 Å². The van der Waals surface area contributed by atoms with Crippen LogP contribution in [0.2, 0.25) is 0 Å². The normalized spacial score (nSPS) is 13.9. The van der Waals surface area contributed by atoms with E-state index in [-0.39, 0.29) is 0 Å². The van der Waals surface area contributed by atoms with Crippen molar-refractivity contribution in [3.05, 3.63) is 179 Å². The van der Waals surface area contributed by atoms with Gasteiger partial charge in [-0.15, -0.1) is 0 Å². The van der Waals surface area contributed by atoms with Gasteiger partial charge in [-0.3, -0.25) is 0 Å². The number of rotatable bonds is 5. The molecule has 0 fully saturated rings. The monoisotopic (exact) mass is 512 g/mol. The summed E-state index contributed by atoms with van der Waals surface area (Å²) in [6.07, 6.45) is 1.97. The SMILES string of the molecule is Cc1ccccc1-c1ccccc1Cc1ccc(-c2ccc(C3Cc4ccccc4-c4ccccc43)cc2)cc1. The predicted octanol–water partition coefficient (Wildman–Crippen LogP) is 10.3. The van der Waals surface area contributed by atoms with Crippen molar-refractivity contribution in [3.8, 4) is 33.4 Å². The zero-order valence-electron chi connectivity index (χ0n) is 22.8. The molecule has 0 heteroatoms. The lowest BCUT2D eigenvalue weighted by Crippen LogP contribution is -2.12. The molecular weight excluding hydrogens is 480 g/mol. The summed E-state index contributed by atoms with van der Waals surface area (Å²) in [6, 6.07) is 53.6. The first kappa shape index (κ1) is 24.4. The first-order chi connectivity index (χ1) is 19.7. The molecule has 0 saturated heterocycles. The summed E-state index contributed by atoms with van der Waals surface area (Å²) in [6.45, 7) is 2.19. The topological polar surface area (TPSA) is 0 Å². The molecule has 0 aromatic heterocycles. The van der Waals surface area contributed by atoms with Crippen molar-refractivity contribution in [1.29, 1.82) is 0 Å². The molecule has 7 rings (SSSR count). The standard InChI is InChI=1S/C40H32/c1-28-10-2-5-13-35(28)36-14-6-3-11-33(36)26-29-18-20-30(21-19-29)31-22-24-32(25-23-31)40-27-34-12-4-7-15-37(34)38-16-8-9-17-39(38)40/h2-25,40H,26-27H2,1H3. The minimum Gasteiger partial charge on any atom is -0.0620 e. The predicted molar refractivity (Wildman–Crippen MR) is 169 cm³/mol. The van der Waals surface area contributed by atoms with Gasteiger partial charge in [-0.05, 0) is 86.5 Å². The highest BCUT2D eigenvalue weighted by Gasteiger charge is 2.25. The zero-order valence-corrected chi connectivity index (χ0v) is 22.8. The number of hydrogen-bond acceptors (Lipinski definition) is 0. The number of fused-ring (bicyclic) bond motifs is 3. The van der Waals surface area contributed by atoms with E-state index >= 15 is 0 Å². The fourth-order valence-electron chi connectivity index (χ4n) is 6.39. The van der Waals surface area contributed by atoms with Crippen LogP contribution >= 0.6 is 0 Å². The maximum Gasteiger partial charge on any atom is 0.0136 e. The highest BCUT2D eigenvalue weighted by Crippen LogP contribution is 2.42. The van der Waals surface area contributed by atoms with Crippen LogP contribution in [0.3, 0.4) is 0 Å². The summed E-state index contributed by atoms with van der Waals surface area (Å²) in [5, 5.41) is 0. The van der Waals surface area contributed by atoms with Crippen LogP contribution in [0.25, 0.3) is 33.4 Å². The molecule has 6 aromatic rings. The molecule has 6 aromatic carbocycles. The first-order valence-electron chi connectivity index (χ1n) is 14.2. The van der Waals surface area contributed by atoms with E-state index < -0.39 is 0 Å². The van der Waals surface area contributed by atoms with E-state index in [1.165, 1.54) is 66.8 Å². The Morgan fingerprint density at radius 1 is 0.500 bits per heavy atom.